The van der Waals surface area contributed by atoms with Crippen LogP contribution in [0.5, 0.6) is 0 Å². The topological polar surface area (TPSA) is 96.5 Å². The Balaban J connectivity index is 2.06. The Morgan fingerprint density at radius 2 is 2.19 bits per heavy atom. The van der Waals surface area contributed by atoms with E-state index in [2.05, 4.69) is 15.4 Å². The second-order valence-electron chi connectivity index (χ2n) is 3.63. The van der Waals surface area contributed by atoms with Crippen LogP contribution in [0.4, 0.5) is 4.79 Å². The Morgan fingerprint density at radius 3 is 2.75 bits per heavy atom. The Hall–Kier alpha value is -0.860. The molecule has 0 spiro atoms. The Morgan fingerprint density at radius 1 is 1.44 bits per heavy atom. The normalized spacial score (nSPS) is 20.7. The lowest BCUT2D eigenvalue weighted by Crippen LogP contribution is -2.44. The highest BCUT2D eigenvalue weighted by atomic mass is 32.2. The van der Waals surface area contributed by atoms with Crippen LogP contribution in [-0.4, -0.2) is 53.0 Å². The number of hydrogen-bond acceptors (Lipinski definition) is 4. The largest absolute Gasteiger partial charge is 0.379 e. The second kappa shape index (κ2) is 6.02. The summed E-state index contributed by atoms with van der Waals surface area (Å²) in [6.07, 6.45) is 1.89. The molecule has 1 heterocycles. The molecule has 1 rings (SSSR count). The average Bonchev–Trinajstić information content (AvgIpc) is 2.63. The van der Waals surface area contributed by atoms with Crippen LogP contribution in [0.1, 0.15) is 6.42 Å². The molecule has 3 N–H and O–H groups in total. The maximum absolute atomic E-state index is 11.3. The second-order valence-corrected chi connectivity index (χ2v) is 5.46. The molecule has 0 aliphatic carbocycles. The van der Waals surface area contributed by atoms with Crippen LogP contribution in [-0.2, 0) is 14.8 Å². The van der Waals surface area contributed by atoms with E-state index in [4.69, 9.17) is 4.74 Å². The van der Waals surface area contributed by atoms with Gasteiger partial charge in [0.1, 0.15) is 0 Å². The van der Waals surface area contributed by atoms with Crippen LogP contribution >= 0.6 is 0 Å². The molecule has 0 aromatic rings. The van der Waals surface area contributed by atoms with Gasteiger partial charge >= 0.3 is 6.03 Å². The molecule has 1 saturated heterocycles. The fourth-order valence-electron chi connectivity index (χ4n) is 1.30. The van der Waals surface area contributed by atoms with Gasteiger partial charge in [0.05, 0.1) is 18.9 Å². The van der Waals surface area contributed by atoms with Gasteiger partial charge in [-0.15, -0.1) is 0 Å². The summed E-state index contributed by atoms with van der Waals surface area (Å²) >= 11 is 0. The van der Waals surface area contributed by atoms with E-state index in [9.17, 15) is 13.2 Å². The van der Waals surface area contributed by atoms with Crippen LogP contribution < -0.4 is 15.4 Å². The highest BCUT2D eigenvalue weighted by molar-refractivity contribution is 7.88. The maximum Gasteiger partial charge on any atom is 0.315 e. The van der Waals surface area contributed by atoms with Gasteiger partial charge in [-0.3, -0.25) is 0 Å². The first-order valence-corrected chi connectivity index (χ1v) is 6.93. The summed E-state index contributed by atoms with van der Waals surface area (Å²) in [7, 11) is -3.19. The molecule has 1 aliphatic heterocycles. The van der Waals surface area contributed by atoms with Gasteiger partial charge < -0.3 is 15.4 Å². The van der Waals surface area contributed by atoms with Crippen molar-refractivity contribution in [3.63, 3.8) is 0 Å². The Labute approximate surface area is 95.0 Å². The summed E-state index contributed by atoms with van der Waals surface area (Å²) in [6.45, 7) is 1.65. The summed E-state index contributed by atoms with van der Waals surface area (Å²) in [5.74, 6) is 0. The van der Waals surface area contributed by atoms with Gasteiger partial charge in [0.25, 0.3) is 0 Å². The number of ether oxygens (including phenoxy) is 1. The van der Waals surface area contributed by atoms with Crippen molar-refractivity contribution in [1.82, 2.24) is 15.4 Å². The molecule has 2 amide bonds. The van der Waals surface area contributed by atoms with Crippen LogP contribution in [0.25, 0.3) is 0 Å². The van der Waals surface area contributed by atoms with E-state index in [-0.39, 0.29) is 25.2 Å². The zero-order chi connectivity index (χ0) is 12.0. The summed E-state index contributed by atoms with van der Waals surface area (Å²) in [6, 6.07) is -0.242. The Bertz CT molecular complexity index is 324. The van der Waals surface area contributed by atoms with Gasteiger partial charge in [-0.05, 0) is 6.42 Å². The number of nitrogens with one attached hydrogen (secondary N) is 3. The zero-order valence-corrected chi connectivity index (χ0v) is 9.97. The maximum atomic E-state index is 11.3. The highest BCUT2D eigenvalue weighted by Gasteiger charge is 2.17. The lowest BCUT2D eigenvalue weighted by molar-refractivity contribution is 0.188. The first-order valence-electron chi connectivity index (χ1n) is 5.04. The number of hydrogen-bond donors (Lipinski definition) is 3. The first-order chi connectivity index (χ1) is 7.47. The lowest BCUT2D eigenvalue weighted by Gasteiger charge is -2.11. The fourth-order valence-corrected chi connectivity index (χ4v) is 1.77. The van der Waals surface area contributed by atoms with Gasteiger partial charge in [0.2, 0.25) is 10.0 Å². The van der Waals surface area contributed by atoms with Gasteiger partial charge in [0.15, 0.2) is 0 Å². The number of urea groups is 1. The predicted molar refractivity (Wildman–Crippen MR) is 58.6 cm³/mol. The van der Waals surface area contributed by atoms with Crippen molar-refractivity contribution in [3.8, 4) is 0 Å². The molecular weight excluding hydrogens is 234 g/mol. The molecule has 1 unspecified atom stereocenters. The number of sulfonamides is 1. The van der Waals surface area contributed by atoms with E-state index >= 15 is 0 Å². The summed E-state index contributed by atoms with van der Waals surface area (Å²) in [4.78, 5) is 11.3. The molecule has 0 aromatic heterocycles. The van der Waals surface area contributed by atoms with E-state index < -0.39 is 10.0 Å². The Kier molecular flexibility index (Phi) is 4.97. The monoisotopic (exact) mass is 251 g/mol. The van der Waals surface area contributed by atoms with E-state index in [1.54, 1.807) is 0 Å². The number of amides is 2. The minimum absolute atomic E-state index is 0.0582. The molecule has 0 radical (unpaired) electrons. The van der Waals surface area contributed by atoms with Crippen LogP contribution in [0.15, 0.2) is 0 Å². The molecule has 1 atom stereocenters. The molecule has 16 heavy (non-hydrogen) atoms. The standard InChI is InChI=1S/C8H17N3O4S/c1-16(13,14)10-4-3-9-8(12)11-7-2-5-15-6-7/h7,10H,2-6H2,1H3,(H2,9,11,12). The van der Waals surface area contributed by atoms with E-state index in [0.29, 0.717) is 13.2 Å². The third-order valence-corrected chi connectivity index (χ3v) is 2.77. The molecular formula is C8H17N3O4S. The van der Waals surface area contributed by atoms with Crippen molar-refractivity contribution >= 4 is 16.1 Å². The van der Waals surface area contributed by atoms with Crippen molar-refractivity contribution in [2.45, 2.75) is 12.5 Å². The first kappa shape index (κ1) is 13.2. The van der Waals surface area contributed by atoms with E-state index in [1.165, 1.54) is 0 Å². The van der Waals surface area contributed by atoms with Crippen LogP contribution in [0.2, 0.25) is 0 Å². The van der Waals surface area contributed by atoms with Gasteiger partial charge in [-0.2, -0.15) is 0 Å². The molecule has 0 aromatic carbocycles. The lowest BCUT2D eigenvalue weighted by atomic mass is 10.3. The highest BCUT2D eigenvalue weighted by Crippen LogP contribution is 2.02. The molecule has 8 heteroatoms. The summed E-state index contributed by atoms with van der Waals surface area (Å²) in [5.41, 5.74) is 0. The quantitative estimate of drug-likeness (QED) is 0.525. The minimum atomic E-state index is -3.19. The van der Waals surface area contributed by atoms with Crippen LogP contribution in [0.3, 0.4) is 0 Å². The SMILES string of the molecule is CS(=O)(=O)NCCNC(=O)NC1CCOC1. The van der Waals surface area contributed by atoms with Crippen molar-refractivity contribution in [3.05, 3.63) is 0 Å². The van der Waals surface area contributed by atoms with Crippen LogP contribution in [0, 0.1) is 0 Å². The van der Waals surface area contributed by atoms with Crippen molar-refractivity contribution in [1.29, 1.82) is 0 Å². The summed E-state index contributed by atoms with van der Waals surface area (Å²) in [5, 5.41) is 5.27. The number of rotatable bonds is 5. The van der Waals surface area contributed by atoms with Gasteiger partial charge in [-0.1, -0.05) is 0 Å². The van der Waals surface area contributed by atoms with Crippen molar-refractivity contribution in [2.24, 2.45) is 0 Å². The van der Waals surface area contributed by atoms with Gasteiger partial charge in [0, 0.05) is 19.7 Å². The summed E-state index contributed by atoms with van der Waals surface area (Å²) < 4.78 is 28.8. The molecule has 0 saturated carbocycles. The van der Waals surface area contributed by atoms with E-state index in [1.807, 2.05) is 0 Å². The fraction of sp³-hybridized carbons (Fsp3) is 0.875. The van der Waals surface area contributed by atoms with Crippen molar-refractivity contribution in [2.75, 3.05) is 32.6 Å². The van der Waals surface area contributed by atoms with Crippen molar-refractivity contribution < 1.29 is 17.9 Å². The molecule has 0 bridgehead atoms. The number of carbonyl (C=O) groups is 1. The number of carbonyl (C=O) groups excluding carboxylic acids is 1. The zero-order valence-electron chi connectivity index (χ0n) is 9.15. The smallest absolute Gasteiger partial charge is 0.315 e. The van der Waals surface area contributed by atoms with E-state index in [0.717, 1.165) is 12.7 Å². The third-order valence-electron chi connectivity index (χ3n) is 2.04. The molecule has 1 fully saturated rings. The third kappa shape index (κ3) is 5.89. The predicted octanol–water partition coefficient (Wildman–Crippen LogP) is -1.38. The average molecular weight is 251 g/mol. The molecule has 1 aliphatic rings. The minimum Gasteiger partial charge on any atom is -0.379 e. The molecule has 94 valence electrons. The molecule has 7 nitrogen and oxygen atoms in total. The van der Waals surface area contributed by atoms with Gasteiger partial charge in [-0.25, -0.2) is 17.9 Å².